The van der Waals surface area contributed by atoms with E-state index in [0.29, 0.717) is 23.8 Å². The molecule has 1 N–H and O–H groups in total. The minimum atomic E-state index is -4.39. The fourth-order valence-electron chi connectivity index (χ4n) is 2.96. The van der Waals surface area contributed by atoms with Gasteiger partial charge in [-0.25, -0.2) is 8.42 Å². The second-order valence-corrected chi connectivity index (χ2v) is 8.41. The van der Waals surface area contributed by atoms with Crippen molar-refractivity contribution in [1.82, 2.24) is 4.31 Å². The molecule has 0 unspecified atom stereocenters. The van der Waals surface area contributed by atoms with Crippen molar-refractivity contribution in [2.45, 2.75) is 11.1 Å². The van der Waals surface area contributed by atoms with Gasteiger partial charge >= 0.3 is 6.18 Å². The zero-order valence-corrected chi connectivity index (χ0v) is 15.2. The van der Waals surface area contributed by atoms with Gasteiger partial charge in [0.25, 0.3) is 0 Å². The van der Waals surface area contributed by atoms with Crippen LogP contribution in [0.4, 0.5) is 18.9 Å². The maximum absolute atomic E-state index is 12.9. The van der Waals surface area contributed by atoms with E-state index in [2.05, 4.69) is 0 Å². The zero-order chi connectivity index (χ0) is 18.9. The zero-order valence-electron chi connectivity index (χ0n) is 13.6. The van der Waals surface area contributed by atoms with Gasteiger partial charge in [-0.15, -0.1) is 0 Å². The molecule has 26 heavy (non-hydrogen) atoms. The highest BCUT2D eigenvalue weighted by Crippen LogP contribution is 2.30. The molecular formula is C17H17ClF3N2O2S+. The first-order valence-electron chi connectivity index (χ1n) is 7.96. The summed E-state index contributed by atoms with van der Waals surface area (Å²) in [6.45, 7) is 1.26. The third-order valence-corrected chi connectivity index (χ3v) is 6.54. The normalized spacial score (nSPS) is 17.4. The molecule has 0 radical (unpaired) electrons. The molecule has 1 fully saturated rings. The highest BCUT2D eigenvalue weighted by atomic mass is 35.5. The average molecular weight is 406 g/mol. The minimum absolute atomic E-state index is 0.157. The molecule has 2 aromatic rings. The second kappa shape index (κ2) is 7.19. The van der Waals surface area contributed by atoms with Crippen LogP contribution in [0.25, 0.3) is 0 Å². The van der Waals surface area contributed by atoms with Crippen LogP contribution in [0.1, 0.15) is 5.56 Å². The quantitative estimate of drug-likeness (QED) is 0.852. The lowest BCUT2D eigenvalue weighted by atomic mass is 10.1. The Bertz CT molecular complexity index is 878. The van der Waals surface area contributed by atoms with Crippen molar-refractivity contribution in [3.05, 3.63) is 59.1 Å². The van der Waals surface area contributed by atoms with E-state index >= 15 is 0 Å². The molecule has 3 rings (SSSR count). The molecule has 1 saturated heterocycles. The van der Waals surface area contributed by atoms with Gasteiger partial charge in [-0.1, -0.05) is 17.7 Å². The van der Waals surface area contributed by atoms with Crippen LogP contribution in [0.5, 0.6) is 0 Å². The van der Waals surface area contributed by atoms with Crippen molar-refractivity contribution >= 4 is 27.3 Å². The smallest absolute Gasteiger partial charge is 0.300 e. The standard InChI is InChI=1S/C17H16ClF3N2O2S/c18-14-4-6-16(7-5-14)26(24,25)23-10-8-22(9-11-23)15-3-1-2-13(12-15)17(19,20)21/h1-7,12H,8-11H2/p+1. The van der Waals surface area contributed by atoms with E-state index in [1.165, 1.54) is 34.6 Å². The number of halogens is 4. The molecule has 0 saturated carbocycles. The summed E-state index contributed by atoms with van der Waals surface area (Å²) in [6.07, 6.45) is -4.39. The summed E-state index contributed by atoms with van der Waals surface area (Å²) in [7, 11) is -3.63. The predicted molar refractivity (Wildman–Crippen MR) is 92.0 cm³/mol. The summed E-state index contributed by atoms with van der Waals surface area (Å²) in [5.41, 5.74) is -0.179. The molecule has 1 heterocycles. The van der Waals surface area contributed by atoms with Gasteiger partial charge in [0, 0.05) is 11.1 Å². The molecule has 0 spiro atoms. The van der Waals surface area contributed by atoms with Crippen LogP contribution < -0.4 is 4.90 Å². The van der Waals surface area contributed by atoms with E-state index in [9.17, 15) is 21.6 Å². The number of alkyl halides is 3. The van der Waals surface area contributed by atoms with Crippen molar-refractivity contribution in [2.24, 2.45) is 0 Å². The van der Waals surface area contributed by atoms with Gasteiger partial charge in [0.2, 0.25) is 10.0 Å². The lowest BCUT2D eigenvalue weighted by Crippen LogP contribution is -3.10. The summed E-state index contributed by atoms with van der Waals surface area (Å²) in [4.78, 5) is 0.989. The molecule has 1 aliphatic heterocycles. The number of sulfonamides is 1. The van der Waals surface area contributed by atoms with Crippen LogP contribution in [0.3, 0.4) is 0 Å². The maximum Gasteiger partial charge on any atom is 0.416 e. The van der Waals surface area contributed by atoms with E-state index in [0.717, 1.165) is 17.0 Å². The highest BCUT2D eigenvalue weighted by Gasteiger charge is 2.34. The molecule has 0 aromatic heterocycles. The number of benzene rings is 2. The Balaban J connectivity index is 1.72. The number of quaternary nitrogens is 1. The van der Waals surface area contributed by atoms with E-state index in [-0.39, 0.29) is 18.0 Å². The van der Waals surface area contributed by atoms with E-state index < -0.39 is 21.8 Å². The summed E-state index contributed by atoms with van der Waals surface area (Å²) in [5.74, 6) is 0. The third kappa shape index (κ3) is 4.03. The van der Waals surface area contributed by atoms with Crippen LogP contribution >= 0.6 is 11.6 Å². The van der Waals surface area contributed by atoms with Crippen molar-refractivity contribution in [3.63, 3.8) is 0 Å². The first-order chi connectivity index (χ1) is 12.2. The molecule has 0 atom stereocenters. The summed E-state index contributed by atoms with van der Waals surface area (Å²) in [6, 6.07) is 11.1. The van der Waals surface area contributed by atoms with Gasteiger partial charge in [0.05, 0.1) is 36.6 Å². The lowest BCUT2D eigenvalue weighted by molar-refractivity contribution is -0.837. The van der Waals surface area contributed by atoms with Crippen LogP contribution in [0.15, 0.2) is 53.4 Å². The second-order valence-electron chi connectivity index (χ2n) is 6.04. The van der Waals surface area contributed by atoms with Crippen LogP contribution in [-0.4, -0.2) is 38.9 Å². The number of nitrogens with one attached hydrogen (secondary N) is 1. The molecule has 0 aliphatic carbocycles. The Morgan fingerprint density at radius 3 is 2.19 bits per heavy atom. The first-order valence-corrected chi connectivity index (χ1v) is 9.78. The number of rotatable bonds is 3. The van der Waals surface area contributed by atoms with Crippen molar-refractivity contribution in [2.75, 3.05) is 26.2 Å². The van der Waals surface area contributed by atoms with Gasteiger partial charge in [-0.2, -0.15) is 17.5 Å². The van der Waals surface area contributed by atoms with Gasteiger partial charge < -0.3 is 4.90 Å². The Labute approximate surface area is 154 Å². The molecule has 140 valence electrons. The molecule has 1 aliphatic rings. The van der Waals surface area contributed by atoms with Gasteiger partial charge in [0.15, 0.2) is 0 Å². The fourth-order valence-corrected chi connectivity index (χ4v) is 4.52. The SMILES string of the molecule is O=S(=O)(c1ccc(Cl)cc1)N1CC[NH+](c2cccc(C(F)(F)F)c2)CC1. The monoisotopic (exact) mass is 405 g/mol. The number of hydrogen-bond donors (Lipinski definition) is 1. The summed E-state index contributed by atoms with van der Waals surface area (Å²) < 4.78 is 65.2. The topological polar surface area (TPSA) is 41.8 Å². The largest absolute Gasteiger partial charge is 0.416 e. The Morgan fingerprint density at radius 1 is 1.00 bits per heavy atom. The molecule has 9 heteroatoms. The number of nitrogens with zero attached hydrogens (tertiary/aromatic N) is 1. The van der Waals surface area contributed by atoms with Crippen molar-refractivity contribution < 1.29 is 26.5 Å². The third-order valence-electron chi connectivity index (χ3n) is 4.38. The molecular weight excluding hydrogens is 389 g/mol. The average Bonchev–Trinajstić information content (AvgIpc) is 2.62. The van der Waals surface area contributed by atoms with Crippen molar-refractivity contribution in [3.8, 4) is 0 Å². The molecule has 0 bridgehead atoms. The predicted octanol–water partition coefficient (Wildman–Crippen LogP) is 2.58. The van der Waals surface area contributed by atoms with E-state index in [1.807, 2.05) is 0 Å². The number of piperazine rings is 1. The maximum atomic E-state index is 12.9. The summed E-state index contributed by atoms with van der Waals surface area (Å²) >= 11 is 5.79. The van der Waals surface area contributed by atoms with Crippen LogP contribution in [0.2, 0.25) is 5.02 Å². The Kier molecular flexibility index (Phi) is 5.30. The van der Waals surface area contributed by atoms with Gasteiger partial charge in [0.1, 0.15) is 5.69 Å². The molecule has 0 amide bonds. The fraction of sp³-hybridized carbons (Fsp3) is 0.294. The highest BCUT2D eigenvalue weighted by molar-refractivity contribution is 7.89. The molecule has 2 aromatic carbocycles. The minimum Gasteiger partial charge on any atom is -0.300 e. The first kappa shape index (κ1) is 19.2. The molecule has 4 nitrogen and oxygen atoms in total. The van der Waals surface area contributed by atoms with Crippen LogP contribution in [0, 0.1) is 0 Å². The van der Waals surface area contributed by atoms with Gasteiger partial charge in [-0.3, -0.25) is 0 Å². The lowest BCUT2D eigenvalue weighted by Gasteiger charge is -2.31. The Hall–Kier alpha value is -1.61. The van der Waals surface area contributed by atoms with Gasteiger partial charge in [-0.05, 0) is 36.4 Å². The Morgan fingerprint density at radius 2 is 1.62 bits per heavy atom. The van der Waals surface area contributed by atoms with E-state index in [1.54, 1.807) is 6.07 Å². The van der Waals surface area contributed by atoms with Crippen molar-refractivity contribution in [1.29, 1.82) is 0 Å². The number of hydrogen-bond acceptors (Lipinski definition) is 2. The van der Waals surface area contributed by atoms with Crippen LogP contribution in [-0.2, 0) is 16.2 Å². The van der Waals surface area contributed by atoms with E-state index in [4.69, 9.17) is 11.6 Å². The summed E-state index contributed by atoms with van der Waals surface area (Å²) in [5, 5.41) is 0.447.